The largest absolute Gasteiger partial charge is 0.364 e. The second-order valence-electron chi connectivity index (χ2n) is 8.61. The third-order valence-electron chi connectivity index (χ3n) is 5.92. The number of ether oxygens (including phenoxy) is 1. The predicted octanol–water partition coefficient (Wildman–Crippen LogP) is 4.30. The number of hydrogen-bond donors (Lipinski definition) is 3. The van der Waals surface area contributed by atoms with Crippen LogP contribution >= 0.6 is 0 Å². The van der Waals surface area contributed by atoms with Crippen LogP contribution in [0.15, 0.2) is 72.8 Å². The second kappa shape index (κ2) is 9.99. The van der Waals surface area contributed by atoms with Gasteiger partial charge in [-0.25, -0.2) is 4.79 Å². The fraction of sp³-hybridized carbons (Fsp3) is 0.222. The van der Waals surface area contributed by atoms with E-state index in [0.29, 0.717) is 22.6 Å². The van der Waals surface area contributed by atoms with Crippen LogP contribution in [0.25, 0.3) is 0 Å². The summed E-state index contributed by atoms with van der Waals surface area (Å²) < 4.78 is 5.25. The van der Waals surface area contributed by atoms with E-state index in [4.69, 9.17) is 4.74 Å². The van der Waals surface area contributed by atoms with Crippen LogP contribution in [0.3, 0.4) is 0 Å². The maximum Gasteiger partial charge on any atom is 0.320 e. The van der Waals surface area contributed by atoms with Crippen LogP contribution in [-0.2, 0) is 19.9 Å². The third kappa shape index (κ3) is 5.02. The van der Waals surface area contributed by atoms with Crippen molar-refractivity contribution >= 4 is 34.9 Å². The van der Waals surface area contributed by atoms with Crippen molar-refractivity contribution in [3.8, 4) is 0 Å². The molecule has 0 aliphatic carbocycles. The molecule has 1 heterocycles. The average molecular weight is 473 g/mol. The first-order valence-electron chi connectivity index (χ1n) is 11.2. The monoisotopic (exact) mass is 472 g/mol. The molecule has 180 valence electrons. The molecule has 4 amide bonds. The third-order valence-corrected chi connectivity index (χ3v) is 5.92. The number of nitrogens with one attached hydrogen (secondary N) is 3. The van der Waals surface area contributed by atoms with Crippen LogP contribution in [0, 0.1) is 13.8 Å². The SMILES string of the molecule is COCN1C(=O)[C@@](CC(=O)Nc2ccc(C)cc2)(NC(=O)Nc2ccc(C)cc2)c2ccccc21. The predicted molar refractivity (Wildman–Crippen MR) is 135 cm³/mol. The first-order valence-corrected chi connectivity index (χ1v) is 11.2. The number of benzene rings is 3. The molecule has 1 aliphatic rings. The number of amides is 4. The van der Waals surface area contributed by atoms with Gasteiger partial charge in [-0.3, -0.25) is 14.5 Å². The van der Waals surface area contributed by atoms with Gasteiger partial charge in [0.05, 0.1) is 12.1 Å². The maximum absolute atomic E-state index is 13.8. The Labute approximate surface area is 204 Å². The minimum absolute atomic E-state index is 0.0154. The Bertz CT molecular complexity index is 1180. The van der Waals surface area contributed by atoms with Crippen LogP contribution in [0.1, 0.15) is 23.1 Å². The molecule has 3 aromatic carbocycles. The minimum Gasteiger partial charge on any atom is -0.364 e. The molecular weight excluding hydrogens is 444 g/mol. The lowest BCUT2D eigenvalue weighted by atomic mass is 9.87. The van der Waals surface area contributed by atoms with Gasteiger partial charge in [-0.2, -0.15) is 0 Å². The number of anilines is 3. The molecule has 1 aliphatic heterocycles. The van der Waals surface area contributed by atoms with Gasteiger partial charge >= 0.3 is 6.03 Å². The van der Waals surface area contributed by atoms with E-state index in [0.717, 1.165) is 11.1 Å². The molecule has 3 N–H and O–H groups in total. The number of carbonyl (C=O) groups excluding carboxylic acids is 3. The van der Waals surface area contributed by atoms with Crippen molar-refractivity contribution in [3.05, 3.63) is 89.5 Å². The van der Waals surface area contributed by atoms with E-state index in [1.165, 1.54) is 12.0 Å². The first-order chi connectivity index (χ1) is 16.8. The number of para-hydroxylation sites is 1. The van der Waals surface area contributed by atoms with E-state index in [1.807, 2.05) is 38.1 Å². The van der Waals surface area contributed by atoms with Crippen LogP contribution in [0.2, 0.25) is 0 Å². The van der Waals surface area contributed by atoms with Crippen molar-refractivity contribution in [2.75, 3.05) is 29.4 Å². The van der Waals surface area contributed by atoms with E-state index in [1.54, 1.807) is 48.5 Å². The summed E-state index contributed by atoms with van der Waals surface area (Å²) in [6.45, 7) is 3.89. The Morgan fingerprint density at radius 1 is 0.857 bits per heavy atom. The second-order valence-corrected chi connectivity index (χ2v) is 8.61. The van der Waals surface area contributed by atoms with Gasteiger partial charge in [0.15, 0.2) is 5.54 Å². The number of urea groups is 1. The van der Waals surface area contributed by atoms with Crippen molar-refractivity contribution in [2.45, 2.75) is 25.8 Å². The lowest BCUT2D eigenvalue weighted by Gasteiger charge is -2.29. The molecule has 1 atom stereocenters. The zero-order chi connectivity index (χ0) is 25.0. The lowest BCUT2D eigenvalue weighted by Crippen LogP contribution is -2.56. The zero-order valence-corrected chi connectivity index (χ0v) is 19.9. The van der Waals surface area contributed by atoms with Crippen molar-refractivity contribution in [1.29, 1.82) is 0 Å². The minimum atomic E-state index is -1.61. The number of nitrogens with zero attached hydrogens (tertiary/aromatic N) is 1. The lowest BCUT2D eigenvalue weighted by molar-refractivity contribution is -0.129. The van der Waals surface area contributed by atoms with Crippen molar-refractivity contribution < 1.29 is 19.1 Å². The highest BCUT2D eigenvalue weighted by Gasteiger charge is 2.53. The number of hydrogen-bond acceptors (Lipinski definition) is 4. The van der Waals surface area contributed by atoms with Crippen molar-refractivity contribution in [2.24, 2.45) is 0 Å². The van der Waals surface area contributed by atoms with Gasteiger partial charge in [0.25, 0.3) is 5.91 Å². The molecule has 0 radical (unpaired) electrons. The van der Waals surface area contributed by atoms with Crippen LogP contribution in [-0.4, -0.2) is 31.7 Å². The molecule has 8 heteroatoms. The molecule has 0 saturated heterocycles. The molecule has 0 unspecified atom stereocenters. The number of aryl methyl sites for hydroxylation is 2. The fourth-order valence-electron chi connectivity index (χ4n) is 4.19. The molecule has 0 aromatic heterocycles. The fourth-order valence-corrected chi connectivity index (χ4v) is 4.19. The molecule has 35 heavy (non-hydrogen) atoms. The standard InChI is InChI=1S/C27H28N4O4/c1-18-8-12-20(13-9-18)28-24(32)16-27(30-26(34)29-21-14-10-19(2)11-15-21)22-6-4-5-7-23(22)31(17-35-3)25(27)33/h4-15H,16-17H2,1-3H3,(H,28,32)(H2,29,30,34)/t27-/m0/s1. The van der Waals surface area contributed by atoms with Gasteiger partial charge in [-0.15, -0.1) is 0 Å². The summed E-state index contributed by atoms with van der Waals surface area (Å²) in [5, 5.41) is 8.42. The average Bonchev–Trinajstić information content (AvgIpc) is 3.05. The Kier molecular flexibility index (Phi) is 6.84. The number of rotatable bonds is 7. The van der Waals surface area contributed by atoms with Gasteiger partial charge in [-0.1, -0.05) is 53.6 Å². The molecule has 0 saturated carbocycles. The molecule has 0 spiro atoms. The van der Waals surface area contributed by atoms with E-state index in [2.05, 4.69) is 16.0 Å². The first kappa shape index (κ1) is 24.0. The summed E-state index contributed by atoms with van der Waals surface area (Å²) >= 11 is 0. The molecule has 0 bridgehead atoms. The summed E-state index contributed by atoms with van der Waals surface area (Å²) in [5.41, 5.74) is 2.78. The Morgan fingerprint density at radius 3 is 2.03 bits per heavy atom. The smallest absolute Gasteiger partial charge is 0.320 e. The highest BCUT2D eigenvalue weighted by molar-refractivity contribution is 6.12. The van der Waals surface area contributed by atoms with Crippen molar-refractivity contribution in [3.63, 3.8) is 0 Å². The summed E-state index contributed by atoms with van der Waals surface area (Å²) in [6.07, 6.45) is -0.293. The Hall–Kier alpha value is -4.17. The molecular formula is C27H28N4O4. The molecule has 0 fully saturated rings. The Morgan fingerprint density at radius 2 is 1.43 bits per heavy atom. The summed E-state index contributed by atoms with van der Waals surface area (Å²) in [6, 6.07) is 21.1. The summed E-state index contributed by atoms with van der Waals surface area (Å²) in [5.74, 6) is -0.856. The number of fused-ring (bicyclic) bond motifs is 1. The van der Waals surface area contributed by atoms with Gasteiger partial charge in [0.2, 0.25) is 5.91 Å². The van der Waals surface area contributed by atoms with Gasteiger partial charge in [0.1, 0.15) is 6.73 Å². The van der Waals surface area contributed by atoms with Crippen LogP contribution in [0.5, 0.6) is 0 Å². The van der Waals surface area contributed by atoms with Gasteiger partial charge in [0, 0.05) is 24.0 Å². The van der Waals surface area contributed by atoms with E-state index in [-0.39, 0.29) is 13.2 Å². The van der Waals surface area contributed by atoms with E-state index in [9.17, 15) is 14.4 Å². The summed E-state index contributed by atoms with van der Waals surface area (Å²) in [7, 11) is 1.48. The normalized spacial score (nSPS) is 16.5. The molecule has 8 nitrogen and oxygen atoms in total. The maximum atomic E-state index is 13.8. The highest BCUT2D eigenvalue weighted by Crippen LogP contribution is 2.42. The van der Waals surface area contributed by atoms with E-state index < -0.39 is 23.4 Å². The number of methoxy groups -OCH3 is 1. The van der Waals surface area contributed by atoms with Crippen LogP contribution in [0.4, 0.5) is 21.9 Å². The quantitative estimate of drug-likeness (QED) is 0.477. The molecule has 4 rings (SSSR count). The van der Waals surface area contributed by atoms with Gasteiger partial charge < -0.3 is 20.7 Å². The summed E-state index contributed by atoms with van der Waals surface area (Å²) in [4.78, 5) is 41.5. The molecule has 3 aromatic rings. The Balaban J connectivity index is 1.66. The highest BCUT2D eigenvalue weighted by atomic mass is 16.5. The topological polar surface area (TPSA) is 99.8 Å². The van der Waals surface area contributed by atoms with Crippen LogP contribution < -0.4 is 20.9 Å². The van der Waals surface area contributed by atoms with Crippen molar-refractivity contribution in [1.82, 2.24) is 5.32 Å². The zero-order valence-electron chi connectivity index (χ0n) is 19.9. The number of carbonyl (C=O) groups is 3. The van der Waals surface area contributed by atoms with E-state index >= 15 is 0 Å². The van der Waals surface area contributed by atoms with Gasteiger partial charge in [-0.05, 0) is 44.2 Å².